The molecule has 0 bridgehead atoms. The highest BCUT2D eigenvalue weighted by Gasteiger charge is 2.30. The molecule has 0 aliphatic heterocycles. The van der Waals surface area contributed by atoms with Crippen LogP contribution in [-0.2, 0) is 6.54 Å². The van der Waals surface area contributed by atoms with E-state index in [4.69, 9.17) is 0 Å². The fraction of sp³-hybridized carbons (Fsp3) is 0.0909. The van der Waals surface area contributed by atoms with Gasteiger partial charge in [-0.15, -0.1) is 0 Å². The Morgan fingerprint density at radius 1 is 0.920 bits per heavy atom. The van der Waals surface area contributed by atoms with Gasteiger partial charge in [0, 0.05) is 23.4 Å². The van der Waals surface area contributed by atoms with Crippen LogP contribution in [0.4, 0.5) is 0 Å². The van der Waals surface area contributed by atoms with Crippen molar-refractivity contribution >= 4 is 10.8 Å². The molecule has 2 heterocycles. The van der Waals surface area contributed by atoms with Gasteiger partial charge in [0.25, 0.3) is 0 Å². The van der Waals surface area contributed by atoms with Crippen molar-refractivity contribution in [2.75, 3.05) is 0 Å². The molecule has 0 unspecified atom stereocenters. The van der Waals surface area contributed by atoms with E-state index in [0.29, 0.717) is 0 Å². The molecule has 0 amide bonds. The van der Waals surface area contributed by atoms with Gasteiger partial charge in [0.15, 0.2) is 12.7 Å². The topological polar surface area (TPSA) is 16.8 Å². The highest BCUT2D eigenvalue weighted by molar-refractivity contribution is 6.11. The molecule has 1 aliphatic rings. The van der Waals surface area contributed by atoms with Crippen LogP contribution in [0.25, 0.3) is 33.3 Å². The second kappa shape index (κ2) is 6.08. The van der Waals surface area contributed by atoms with E-state index < -0.39 is 0 Å². The molecule has 5 rings (SSSR count). The maximum Gasteiger partial charge on any atom is 0.223 e. The summed E-state index contributed by atoms with van der Waals surface area (Å²) in [5.41, 5.74) is 7.53. The lowest BCUT2D eigenvalue weighted by Gasteiger charge is -2.05. The Labute approximate surface area is 157 Å². The van der Waals surface area contributed by atoms with Crippen LogP contribution >= 0.6 is 0 Å². The average molecular weight is 389 g/mol. The first-order valence-corrected chi connectivity index (χ1v) is 8.28. The van der Waals surface area contributed by atoms with Crippen molar-refractivity contribution in [2.24, 2.45) is 0 Å². The minimum Gasteiger partial charge on any atom is -1.00 e. The van der Waals surface area contributed by atoms with Crippen LogP contribution in [0.1, 0.15) is 11.1 Å². The molecule has 0 saturated heterocycles. The quantitative estimate of drug-likeness (QED) is 0.419. The number of rotatable bonds is 2. The second-order valence-electron chi connectivity index (χ2n) is 6.45. The Kier molecular flexibility index (Phi) is 3.89. The zero-order valence-corrected chi connectivity index (χ0v) is 15.5. The molecular formula is C22H17BrN2. The summed E-state index contributed by atoms with van der Waals surface area (Å²) in [6.07, 6.45) is 4.11. The van der Waals surface area contributed by atoms with Crippen molar-refractivity contribution < 1.29 is 21.5 Å². The predicted molar refractivity (Wildman–Crippen MR) is 96.6 cm³/mol. The van der Waals surface area contributed by atoms with Crippen LogP contribution < -0.4 is 21.5 Å². The van der Waals surface area contributed by atoms with E-state index in [0.717, 1.165) is 12.2 Å². The van der Waals surface area contributed by atoms with Crippen LogP contribution in [0.5, 0.6) is 0 Å². The van der Waals surface area contributed by atoms with Gasteiger partial charge in [-0.2, -0.15) is 4.57 Å². The normalized spacial score (nSPS) is 11.2. The molecular weight excluding hydrogens is 372 g/mol. The molecule has 0 spiro atoms. The van der Waals surface area contributed by atoms with Crippen molar-refractivity contribution in [1.29, 1.82) is 0 Å². The van der Waals surface area contributed by atoms with E-state index in [-0.39, 0.29) is 17.0 Å². The van der Waals surface area contributed by atoms with E-state index in [1.54, 1.807) is 0 Å². The van der Waals surface area contributed by atoms with Crippen LogP contribution in [0.3, 0.4) is 0 Å². The monoisotopic (exact) mass is 388 g/mol. The summed E-state index contributed by atoms with van der Waals surface area (Å²) in [6, 6.07) is 21.6. The summed E-state index contributed by atoms with van der Waals surface area (Å²) >= 11 is 0. The molecule has 2 nitrogen and oxygen atoms in total. The van der Waals surface area contributed by atoms with E-state index in [1.807, 2.05) is 6.20 Å². The SMILES string of the molecule is Cc1ccc2c(c1)-c1c3c-2nccc3cc[n+]1Cc1ccccc1.[Br-]. The summed E-state index contributed by atoms with van der Waals surface area (Å²) < 4.78 is 2.36. The fourth-order valence-electron chi connectivity index (χ4n) is 3.72. The summed E-state index contributed by atoms with van der Waals surface area (Å²) in [6.45, 7) is 3.02. The summed E-state index contributed by atoms with van der Waals surface area (Å²) in [5, 5.41) is 2.53. The first-order valence-electron chi connectivity index (χ1n) is 8.28. The van der Waals surface area contributed by atoms with E-state index in [1.165, 1.54) is 38.7 Å². The molecule has 0 radical (unpaired) electrons. The third-order valence-electron chi connectivity index (χ3n) is 4.82. The molecule has 4 aromatic rings. The fourth-order valence-corrected chi connectivity index (χ4v) is 3.72. The van der Waals surface area contributed by atoms with Crippen molar-refractivity contribution in [3.8, 4) is 22.5 Å². The van der Waals surface area contributed by atoms with Gasteiger partial charge >= 0.3 is 0 Å². The zero-order chi connectivity index (χ0) is 16.1. The molecule has 1 aliphatic carbocycles. The molecule has 25 heavy (non-hydrogen) atoms. The van der Waals surface area contributed by atoms with Gasteiger partial charge in [-0.25, -0.2) is 0 Å². The Balaban J connectivity index is 0.00000157. The number of aryl methyl sites for hydroxylation is 1. The number of hydrogen-bond donors (Lipinski definition) is 0. The largest absolute Gasteiger partial charge is 1.00 e. The Morgan fingerprint density at radius 2 is 1.76 bits per heavy atom. The summed E-state index contributed by atoms with van der Waals surface area (Å²) in [5.74, 6) is 0. The zero-order valence-electron chi connectivity index (χ0n) is 13.9. The number of aromatic nitrogens is 2. The van der Waals surface area contributed by atoms with Crippen molar-refractivity contribution in [2.45, 2.75) is 13.5 Å². The number of benzene rings is 2. The number of halogens is 1. The van der Waals surface area contributed by atoms with Gasteiger partial charge in [-0.05, 0) is 24.4 Å². The lowest BCUT2D eigenvalue weighted by atomic mass is 10.1. The van der Waals surface area contributed by atoms with Crippen LogP contribution in [-0.4, -0.2) is 4.98 Å². The Bertz CT molecular complexity index is 1090. The highest BCUT2D eigenvalue weighted by atomic mass is 79.9. The second-order valence-corrected chi connectivity index (χ2v) is 6.45. The van der Waals surface area contributed by atoms with E-state index >= 15 is 0 Å². The number of fused-ring (bicyclic) bond motifs is 3. The minimum atomic E-state index is 0. The molecule has 2 aromatic heterocycles. The molecule has 2 aromatic carbocycles. The summed E-state index contributed by atoms with van der Waals surface area (Å²) in [7, 11) is 0. The van der Waals surface area contributed by atoms with Gasteiger partial charge in [0.2, 0.25) is 5.69 Å². The molecule has 0 N–H and O–H groups in total. The van der Waals surface area contributed by atoms with Gasteiger partial charge in [0.05, 0.1) is 16.6 Å². The molecule has 0 atom stereocenters. The van der Waals surface area contributed by atoms with Crippen LogP contribution in [0.15, 0.2) is 73.1 Å². The van der Waals surface area contributed by atoms with Gasteiger partial charge in [-0.1, -0.05) is 48.0 Å². The van der Waals surface area contributed by atoms with Crippen molar-refractivity contribution in [3.05, 3.63) is 84.2 Å². The van der Waals surface area contributed by atoms with Crippen LogP contribution in [0, 0.1) is 6.92 Å². The maximum atomic E-state index is 4.68. The van der Waals surface area contributed by atoms with Crippen molar-refractivity contribution in [1.82, 2.24) is 4.98 Å². The van der Waals surface area contributed by atoms with Crippen LogP contribution in [0.2, 0.25) is 0 Å². The van der Waals surface area contributed by atoms with Gasteiger partial charge in [-0.3, -0.25) is 4.98 Å². The lowest BCUT2D eigenvalue weighted by molar-refractivity contribution is -0.676. The number of hydrogen-bond acceptors (Lipinski definition) is 1. The van der Waals surface area contributed by atoms with E-state index in [9.17, 15) is 0 Å². The summed E-state index contributed by atoms with van der Waals surface area (Å²) in [4.78, 5) is 4.68. The van der Waals surface area contributed by atoms with Crippen molar-refractivity contribution in [3.63, 3.8) is 0 Å². The van der Waals surface area contributed by atoms with Gasteiger partial charge in [0.1, 0.15) is 0 Å². The van der Waals surface area contributed by atoms with Gasteiger partial charge < -0.3 is 17.0 Å². The average Bonchev–Trinajstić information content (AvgIpc) is 2.94. The Hall–Kier alpha value is -2.52. The first kappa shape index (κ1) is 16.0. The predicted octanol–water partition coefficient (Wildman–Crippen LogP) is 1.53. The molecule has 122 valence electrons. The first-order chi connectivity index (χ1) is 11.8. The minimum absolute atomic E-state index is 0. The Morgan fingerprint density at radius 3 is 2.60 bits per heavy atom. The van der Waals surface area contributed by atoms with E-state index in [2.05, 4.69) is 83.3 Å². The molecule has 0 saturated carbocycles. The standard InChI is InChI=1S/C22H17N2.BrH/c1-15-7-8-18-19(13-15)22-20-17(9-11-23-21(18)20)10-12-24(22)14-16-5-3-2-4-6-16;/h2-13H,14H2,1H3;1H/q+1;/p-1. The third-order valence-corrected chi connectivity index (χ3v) is 4.82. The smallest absolute Gasteiger partial charge is 0.223 e. The highest BCUT2D eigenvalue weighted by Crippen LogP contribution is 2.44. The number of pyridine rings is 2. The lowest BCUT2D eigenvalue weighted by Crippen LogP contribution is -3.00. The molecule has 0 fully saturated rings. The maximum absolute atomic E-state index is 4.68. The molecule has 3 heteroatoms. The third kappa shape index (κ3) is 2.47. The number of nitrogens with zero attached hydrogens (tertiary/aromatic N) is 2.